The number of fused-ring (bicyclic) bond motifs is 1. The number of rotatable bonds is 4. The van der Waals surface area contributed by atoms with E-state index >= 15 is 0 Å². The van der Waals surface area contributed by atoms with Crippen molar-refractivity contribution in [3.05, 3.63) is 41.3 Å². The highest BCUT2D eigenvalue weighted by Gasteiger charge is 2.54. The van der Waals surface area contributed by atoms with Crippen LogP contribution in [0.1, 0.15) is 24.8 Å². The van der Waals surface area contributed by atoms with Gasteiger partial charge in [-0.1, -0.05) is 19.1 Å². The quantitative estimate of drug-likeness (QED) is 0.831. The van der Waals surface area contributed by atoms with Crippen molar-refractivity contribution in [2.75, 3.05) is 57.9 Å². The highest BCUT2D eigenvalue weighted by molar-refractivity contribution is 5.51. The van der Waals surface area contributed by atoms with Gasteiger partial charge >= 0.3 is 0 Å². The van der Waals surface area contributed by atoms with Crippen LogP contribution < -0.4 is 10.6 Å². The molecule has 29 heavy (non-hydrogen) atoms. The molecule has 0 aliphatic carbocycles. The third-order valence-electron chi connectivity index (χ3n) is 6.60. The Hall–Kier alpha value is -2.27. The van der Waals surface area contributed by atoms with Gasteiger partial charge in [-0.05, 0) is 24.2 Å². The summed E-state index contributed by atoms with van der Waals surface area (Å²) in [4.78, 5) is 4.71. The van der Waals surface area contributed by atoms with E-state index in [2.05, 4.69) is 47.1 Å². The second-order valence-corrected chi connectivity index (χ2v) is 7.93. The van der Waals surface area contributed by atoms with Crippen LogP contribution in [-0.4, -0.2) is 63.7 Å². The Morgan fingerprint density at radius 2 is 1.97 bits per heavy atom. The van der Waals surface area contributed by atoms with E-state index in [-0.39, 0.29) is 17.7 Å². The van der Waals surface area contributed by atoms with Crippen molar-refractivity contribution in [3.63, 3.8) is 0 Å². The lowest BCUT2D eigenvalue weighted by molar-refractivity contribution is -0.265. The minimum atomic E-state index is -0.788. The fourth-order valence-electron chi connectivity index (χ4n) is 4.91. The number of likely N-dealkylation sites (tertiary alicyclic amines) is 1. The van der Waals surface area contributed by atoms with Crippen LogP contribution in [0.5, 0.6) is 0 Å². The smallest absolute Gasteiger partial charge is 0.218 e. The van der Waals surface area contributed by atoms with Gasteiger partial charge in [0.25, 0.3) is 0 Å². The fraction of sp³-hybridized carbons (Fsp3) is 0.591. The summed E-state index contributed by atoms with van der Waals surface area (Å²) < 4.78 is 17.4. The molecule has 3 atom stereocenters. The van der Waals surface area contributed by atoms with Crippen LogP contribution >= 0.6 is 0 Å². The lowest BCUT2D eigenvalue weighted by Crippen LogP contribution is -2.58. The average Bonchev–Trinajstić information content (AvgIpc) is 2.78. The molecule has 0 radical (unpaired) electrons. The molecule has 156 valence electrons. The number of hydrogen-bond acceptors (Lipinski definition) is 7. The molecule has 7 heteroatoms. The molecule has 2 saturated heterocycles. The van der Waals surface area contributed by atoms with Gasteiger partial charge in [0.05, 0.1) is 18.8 Å². The summed E-state index contributed by atoms with van der Waals surface area (Å²) in [5.41, 5.74) is 8.97. The van der Waals surface area contributed by atoms with E-state index in [0.717, 1.165) is 57.9 Å². The Labute approximate surface area is 172 Å². The number of nitriles is 1. The lowest BCUT2D eigenvalue weighted by Gasteiger charge is -2.51. The molecule has 0 spiro atoms. The minimum absolute atomic E-state index is 0.00242. The molecule has 0 unspecified atom stereocenters. The van der Waals surface area contributed by atoms with Crippen molar-refractivity contribution in [2.24, 2.45) is 11.7 Å². The number of allylic oxidation sites excluding steroid dienone is 1. The van der Waals surface area contributed by atoms with Crippen LogP contribution in [-0.2, 0) is 14.2 Å². The lowest BCUT2D eigenvalue weighted by atomic mass is 9.72. The highest BCUT2D eigenvalue weighted by Crippen LogP contribution is 2.49. The van der Waals surface area contributed by atoms with Gasteiger partial charge in [0.1, 0.15) is 6.07 Å². The third-order valence-corrected chi connectivity index (χ3v) is 6.60. The first kappa shape index (κ1) is 20.0. The molecular formula is C22H30N4O3. The normalized spacial score (nSPS) is 30.4. The summed E-state index contributed by atoms with van der Waals surface area (Å²) in [6, 6.07) is 10.8. The van der Waals surface area contributed by atoms with E-state index in [9.17, 15) is 5.26 Å². The molecule has 7 nitrogen and oxygen atoms in total. The Bertz CT molecular complexity index is 797. The molecular weight excluding hydrogens is 368 g/mol. The number of benzene rings is 1. The van der Waals surface area contributed by atoms with Gasteiger partial charge in [0.2, 0.25) is 11.7 Å². The Morgan fingerprint density at radius 1 is 1.24 bits per heavy atom. The Morgan fingerprint density at radius 3 is 2.59 bits per heavy atom. The fourth-order valence-corrected chi connectivity index (χ4v) is 4.91. The van der Waals surface area contributed by atoms with E-state index in [1.807, 2.05) is 0 Å². The van der Waals surface area contributed by atoms with Gasteiger partial charge in [-0.15, -0.1) is 0 Å². The molecule has 0 bridgehead atoms. The van der Waals surface area contributed by atoms with Gasteiger partial charge < -0.3 is 29.7 Å². The molecule has 0 saturated carbocycles. The topological polar surface area (TPSA) is 84.0 Å². The predicted octanol–water partition coefficient (Wildman–Crippen LogP) is 2.02. The second-order valence-electron chi connectivity index (χ2n) is 7.93. The van der Waals surface area contributed by atoms with Crippen LogP contribution in [0, 0.1) is 17.2 Å². The van der Waals surface area contributed by atoms with Crippen molar-refractivity contribution in [1.82, 2.24) is 4.90 Å². The van der Waals surface area contributed by atoms with Crippen molar-refractivity contribution in [3.8, 4) is 6.07 Å². The van der Waals surface area contributed by atoms with Crippen molar-refractivity contribution >= 4 is 5.69 Å². The zero-order valence-corrected chi connectivity index (χ0v) is 17.3. The predicted molar refractivity (Wildman–Crippen MR) is 110 cm³/mol. The van der Waals surface area contributed by atoms with E-state index < -0.39 is 5.79 Å². The summed E-state index contributed by atoms with van der Waals surface area (Å²) in [6.07, 6.45) is 0.726. The molecule has 4 rings (SSSR count). The van der Waals surface area contributed by atoms with Crippen molar-refractivity contribution in [2.45, 2.75) is 25.0 Å². The van der Waals surface area contributed by atoms with E-state index in [1.165, 1.54) is 5.69 Å². The SMILES string of the molecule is CCN1CC[C@@]2(OC)OC(N)=C(C#N)[C@@H](c3ccc(N4CCOCC4)cc3)[C@@H]2C1. The first-order valence-electron chi connectivity index (χ1n) is 10.4. The summed E-state index contributed by atoms with van der Waals surface area (Å²) in [7, 11) is 1.68. The number of piperidine rings is 1. The monoisotopic (exact) mass is 398 g/mol. The molecule has 3 heterocycles. The largest absolute Gasteiger partial charge is 0.446 e. The number of methoxy groups -OCH3 is 1. The van der Waals surface area contributed by atoms with Crippen LogP contribution in [0.3, 0.4) is 0 Å². The van der Waals surface area contributed by atoms with E-state index in [1.54, 1.807) is 7.11 Å². The maximum atomic E-state index is 9.88. The summed E-state index contributed by atoms with van der Waals surface area (Å²) in [5, 5.41) is 9.88. The standard InChI is InChI=1S/C22H30N4O3/c1-3-25-9-8-22(27-2)19(15-25)20(18(14-23)21(24)29-22)16-4-6-17(7-5-16)26-10-12-28-13-11-26/h4-7,19-20H,3,8-13,15,24H2,1-2H3/t19-,20+,22+/m0/s1. The molecule has 2 N–H and O–H groups in total. The molecule has 3 aliphatic rings. The van der Waals surface area contributed by atoms with Crippen LogP contribution in [0.25, 0.3) is 0 Å². The van der Waals surface area contributed by atoms with E-state index in [4.69, 9.17) is 19.9 Å². The zero-order valence-electron chi connectivity index (χ0n) is 17.3. The maximum Gasteiger partial charge on any atom is 0.218 e. The number of hydrogen-bond donors (Lipinski definition) is 1. The number of ether oxygens (including phenoxy) is 3. The third kappa shape index (κ3) is 3.57. The number of anilines is 1. The van der Waals surface area contributed by atoms with Crippen molar-refractivity contribution in [1.29, 1.82) is 5.26 Å². The number of nitrogens with two attached hydrogens (primary N) is 1. The number of morpholine rings is 1. The van der Waals surface area contributed by atoms with Crippen LogP contribution in [0.4, 0.5) is 5.69 Å². The summed E-state index contributed by atoms with van der Waals surface area (Å²) in [5.74, 6) is -0.749. The van der Waals surface area contributed by atoms with Gasteiger partial charge in [-0.3, -0.25) is 0 Å². The molecule has 1 aromatic rings. The molecule has 1 aromatic carbocycles. The summed E-state index contributed by atoms with van der Waals surface area (Å²) >= 11 is 0. The molecule has 3 aliphatic heterocycles. The minimum Gasteiger partial charge on any atom is -0.446 e. The Kier molecular flexibility index (Phi) is 5.68. The van der Waals surface area contributed by atoms with Gasteiger partial charge in [0.15, 0.2) is 0 Å². The molecule has 0 aromatic heterocycles. The van der Waals surface area contributed by atoms with Crippen LogP contribution in [0.15, 0.2) is 35.7 Å². The second kappa shape index (κ2) is 8.23. The molecule has 0 amide bonds. The van der Waals surface area contributed by atoms with E-state index in [0.29, 0.717) is 5.57 Å². The van der Waals surface area contributed by atoms with Gasteiger partial charge in [-0.2, -0.15) is 5.26 Å². The number of nitrogens with zero attached hydrogens (tertiary/aromatic N) is 3. The zero-order chi connectivity index (χ0) is 20.4. The van der Waals surface area contributed by atoms with Crippen molar-refractivity contribution < 1.29 is 14.2 Å². The first-order valence-corrected chi connectivity index (χ1v) is 10.4. The maximum absolute atomic E-state index is 9.88. The van der Waals surface area contributed by atoms with Gasteiger partial charge in [0, 0.05) is 57.2 Å². The van der Waals surface area contributed by atoms with Crippen LogP contribution in [0.2, 0.25) is 0 Å². The summed E-state index contributed by atoms with van der Waals surface area (Å²) in [6.45, 7) is 8.11. The molecule has 2 fully saturated rings. The van der Waals surface area contributed by atoms with Gasteiger partial charge in [-0.25, -0.2) is 0 Å². The average molecular weight is 399 g/mol. The first-order chi connectivity index (χ1) is 14.1. The highest BCUT2D eigenvalue weighted by atomic mass is 16.7. The Balaban J connectivity index is 1.70.